The van der Waals surface area contributed by atoms with E-state index in [4.69, 9.17) is 9.47 Å². The largest absolute Gasteiger partial charge is 0.490 e. The number of carbonyl (C=O) groups is 1. The molecule has 0 spiro atoms. The minimum absolute atomic E-state index is 0.0546. The Hall–Kier alpha value is -3.09. The highest BCUT2D eigenvalue weighted by Gasteiger charge is 2.19. The summed E-state index contributed by atoms with van der Waals surface area (Å²) in [5.41, 5.74) is 0.888. The van der Waals surface area contributed by atoms with Crippen LogP contribution in [-0.2, 0) is 4.79 Å². The van der Waals surface area contributed by atoms with Crippen molar-refractivity contribution in [2.24, 2.45) is 5.10 Å². The zero-order chi connectivity index (χ0) is 27.4. The monoisotopic (exact) mass is 708 g/mol. The number of hydrogen-bond donors (Lipinski definition) is 1. The molecule has 38 heavy (non-hydrogen) atoms. The summed E-state index contributed by atoms with van der Waals surface area (Å²) in [5.74, 6) is -0.0666. The Balaban J connectivity index is 1.62. The van der Waals surface area contributed by atoms with Gasteiger partial charge in [-0.15, -0.1) is 0 Å². The van der Waals surface area contributed by atoms with Gasteiger partial charge < -0.3 is 14.8 Å². The van der Waals surface area contributed by atoms with Crippen LogP contribution in [-0.4, -0.2) is 35.0 Å². The van der Waals surface area contributed by atoms with Crippen LogP contribution in [0.25, 0.3) is 10.9 Å². The molecule has 12 heteroatoms. The molecule has 0 saturated heterocycles. The maximum absolute atomic E-state index is 13.8. The highest BCUT2D eigenvalue weighted by molar-refractivity contribution is 9.13. The summed E-state index contributed by atoms with van der Waals surface area (Å²) in [6.07, 6.45) is 1.49. The second-order valence-electron chi connectivity index (χ2n) is 7.85. The van der Waals surface area contributed by atoms with Crippen LogP contribution in [0.5, 0.6) is 11.5 Å². The number of halogens is 4. The minimum atomic E-state index is -0.549. The fourth-order valence-corrected chi connectivity index (χ4v) is 4.79. The Morgan fingerprint density at radius 2 is 1.89 bits per heavy atom. The fraction of sp³-hybridized carbons (Fsp3) is 0.154. The zero-order valence-corrected chi connectivity index (χ0v) is 24.9. The summed E-state index contributed by atoms with van der Waals surface area (Å²) in [7, 11) is 0. The highest BCUT2D eigenvalue weighted by Crippen LogP contribution is 2.42. The number of fused-ring (bicyclic) bond motifs is 1. The van der Waals surface area contributed by atoms with Crippen molar-refractivity contribution in [2.45, 2.75) is 13.8 Å². The van der Waals surface area contributed by atoms with Crippen molar-refractivity contribution in [3.8, 4) is 11.5 Å². The summed E-state index contributed by atoms with van der Waals surface area (Å²) in [4.78, 5) is 29.9. The van der Waals surface area contributed by atoms with Crippen molar-refractivity contribution in [1.29, 1.82) is 0 Å². The lowest BCUT2D eigenvalue weighted by Crippen LogP contribution is -2.21. The van der Waals surface area contributed by atoms with E-state index in [2.05, 4.69) is 63.2 Å². The third kappa shape index (κ3) is 6.13. The van der Waals surface area contributed by atoms with Crippen molar-refractivity contribution in [3.05, 3.63) is 89.5 Å². The van der Waals surface area contributed by atoms with Crippen LogP contribution in [0.1, 0.15) is 18.3 Å². The van der Waals surface area contributed by atoms with Gasteiger partial charge in [0.15, 0.2) is 18.1 Å². The molecule has 0 radical (unpaired) electrons. The topological polar surface area (TPSA) is 94.8 Å². The molecule has 0 aliphatic carbocycles. The SMILES string of the molecule is CCOc1cc(C=Nn2c(C)nc3ccc(Br)cc3c2=O)c(Br)c(Br)c1OCC(=O)Nc1ccccc1F. The summed E-state index contributed by atoms with van der Waals surface area (Å²) in [6.45, 7) is 3.44. The molecule has 0 aliphatic heterocycles. The fourth-order valence-electron chi connectivity index (χ4n) is 3.50. The molecule has 1 aromatic heterocycles. The lowest BCUT2D eigenvalue weighted by Gasteiger charge is -2.16. The van der Waals surface area contributed by atoms with E-state index >= 15 is 0 Å². The third-order valence-electron chi connectivity index (χ3n) is 5.23. The summed E-state index contributed by atoms with van der Waals surface area (Å²) >= 11 is 10.4. The van der Waals surface area contributed by atoms with Gasteiger partial charge in [0.1, 0.15) is 11.6 Å². The minimum Gasteiger partial charge on any atom is -0.490 e. The van der Waals surface area contributed by atoms with E-state index in [9.17, 15) is 14.0 Å². The van der Waals surface area contributed by atoms with E-state index in [1.54, 1.807) is 38.1 Å². The second-order valence-corrected chi connectivity index (χ2v) is 10.4. The number of rotatable bonds is 8. The van der Waals surface area contributed by atoms with Gasteiger partial charge in [-0.2, -0.15) is 9.78 Å². The van der Waals surface area contributed by atoms with Crippen LogP contribution in [0.4, 0.5) is 10.1 Å². The van der Waals surface area contributed by atoms with Crippen molar-refractivity contribution in [1.82, 2.24) is 9.66 Å². The van der Waals surface area contributed by atoms with Gasteiger partial charge in [0.25, 0.3) is 11.5 Å². The Kier molecular flexibility index (Phi) is 8.95. The molecule has 1 heterocycles. The highest BCUT2D eigenvalue weighted by atomic mass is 79.9. The molecule has 0 fully saturated rings. The first-order valence-electron chi connectivity index (χ1n) is 11.2. The molecule has 0 atom stereocenters. The average Bonchev–Trinajstić information content (AvgIpc) is 2.88. The molecule has 1 amide bonds. The zero-order valence-electron chi connectivity index (χ0n) is 20.1. The standard InChI is InChI=1S/C26H20Br3FN4O4/c1-3-37-21-10-15(12-31-34-14(2)32-19-9-8-16(27)11-17(19)26(34)36)23(28)24(29)25(21)38-13-22(35)33-20-7-5-4-6-18(20)30/h4-12H,3,13H2,1-2H3,(H,33,35). The third-order valence-corrected chi connectivity index (χ3v) is 7.87. The average molecular weight is 711 g/mol. The van der Waals surface area contributed by atoms with Crippen molar-refractivity contribution in [2.75, 3.05) is 18.5 Å². The number of nitrogens with zero attached hydrogens (tertiary/aromatic N) is 3. The van der Waals surface area contributed by atoms with Crippen molar-refractivity contribution < 1.29 is 18.7 Å². The number of anilines is 1. The van der Waals surface area contributed by atoms with Gasteiger partial charge in [-0.1, -0.05) is 28.1 Å². The number of aromatic nitrogens is 2. The van der Waals surface area contributed by atoms with Gasteiger partial charge in [0, 0.05) is 14.5 Å². The van der Waals surface area contributed by atoms with E-state index in [1.807, 2.05) is 6.07 Å². The van der Waals surface area contributed by atoms with Crippen LogP contribution in [0.3, 0.4) is 0 Å². The molecule has 8 nitrogen and oxygen atoms in total. The second kappa shape index (κ2) is 12.2. The molecule has 0 aliphatic rings. The van der Waals surface area contributed by atoms with Gasteiger partial charge in [0.2, 0.25) is 0 Å². The van der Waals surface area contributed by atoms with Crippen LogP contribution in [0, 0.1) is 12.7 Å². The maximum atomic E-state index is 13.8. The summed E-state index contributed by atoms with van der Waals surface area (Å²) in [5, 5.41) is 7.27. The number of carbonyl (C=O) groups excluding carboxylic acids is 1. The number of ether oxygens (including phenoxy) is 2. The predicted octanol–water partition coefficient (Wildman–Crippen LogP) is 6.43. The molecular formula is C26H20Br3FN4O4. The number of nitrogens with one attached hydrogen (secondary N) is 1. The van der Waals surface area contributed by atoms with Crippen LogP contribution in [0.2, 0.25) is 0 Å². The van der Waals surface area contributed by atoms with E-state index in [0.29, 0.717) is 43.6 Å². The van der Waals surface area contributed by atoms with E-state index in [-0.39, 0.29) is 23.6 Å². The van der Waals surface area contributed by atoms with E-state index in [1.165, 1.54) is 29.1 Å². The van der Waals surface area contributed by atoms with Gasteiger partial charge >= 0.3 is 0 Å². The molecule has 0 bridgehead atoms. The number of para-hydroxylation sites is 1. The predicted molar refractivity (Wildman–Crippen MR) is 155 cm³/mol. The lowest BCUT2D eigenvalue weighted by molar-refractivity contribution is -0.118. The molecule has 4 rings (SSSR count). The number of amides is 1. The van der Waals surface area contributed by atoms with Gasteiger partial charge in [-0.25, -0.2) is 9.37 Å². The first-order valence-corrected chi connectivity index (χ1v) is 13.6. The first kappa shape index (κ1) is 27.9. The maximum Gasteiger partial charge on any atom is 0.282 e. The van der Waals surface area contributed by atoms with E-state index < -0.39 is 11.7 Å². The molecule has 4 aromatic rings. The van der Waals surface area contributed by atoms with Gasteiger partial charge in [-0.3, -0.25) is 9.59 Å². The summed E-state index contributed by atoms with van der Waals surface area (Å²) in [6, 6.07) is 12.8. The molecule has 0 unspecified atom stereocenters. The molecule has 1 N–H and O–H groups in total. The Morgan fingerprint density at radius 3 is 2.63 bits per heavy atom. The first-order chi connectivity index (χ1) is 18.2. The number of benzene rings is 3. The van der Waals surface area contributed by atoms with Gasteiger partial charge in [0.05, 0.1) is 33.9 Å². The van der Waals surface area contributed by atoms with E-state index in [0.717, 1.165) is 4.47 Å². The summed E-state index contributed by atoms with van der Waals surface area (Å²) < 4.78 is 28.3. The number of hydrogen-bond acceptors (Lipinski definition) is 6. The Labute approximate surface area is 242 Å². The number of aryl methyl sites for hydroxylation is 1. The van der Waals surface area contributed by atoms with Crippen LogP contribution >= 0.6 is 47.8 Å². The van der Waals surface area contributed by atoms with Crippen molar-refractivity contribution >= 4 is 76.5 Å². The van der Waals surface area contributed by atoms with Gasteiger partial charge in [-0.05, 0) is 82.1 Å². The van der Waals surface area contributed by atoms with Crippen LogP contribution in [0.15, 0.2) is 71.8 Å². The lowest BCUT2D eigenvalue weighted by atomic mass is 10.2. The Morgan fingerprint density at radius 1 is 1.13 bits per heavy atom. The quantitative estimate of drug-likeness (QED) is 0.213. The molecule has 3 aromatic carbocycles. The molecule has 0 saturated carbocycles. The van der Waals surface area contributed by atoms with Crippen molar-refractivity contribution in [3.63, 3.8) is 0 Å². The normalized spacial score (nSPS) is 11.2. The molecule has 196 valence electrons. The van der Waals surface area contributed by atoms with Crippen LogP contribution < -0.4 is 20.3 Å². The smallest absolute Gasteiger partial charge is 0.282 e. The Bertz CT molecular complexity index is 1620. The molecular weight excluding hydrogens is 691 g/mol.